The summed E-state index contributed by atoms with van der Waals surface area (Å²) in [6.45, 7) is 0. The molecule has 2 aromatic rings. The number of ether oxygens (including phenoxy) is 1. The lowest BCUT2D eigenvalue weighted by atomic mass is 9.56. The number of phenolic OH excluding ortho intramolecular Hbond substituents is 1. The molecule has 6 rings (SSSR count). The van der Waals surface area contributed by atoms with Crippen molar-refractivity contribution in [3.63, 3.8) is 0 Å². The van der Waals surface area contributed by atoms with Gasteiger partial charge in [-0.3, -0.25) is 24.1 Å². The number of benzene rings is 2. The zero-order chi connectivity index (χ0) is 36.3. The first-order valence-corrected chi connectivity index (χ1v) is 17.5. The number of halogens is 11. The molecule has 1 saturated carbocycles. The Morgan fingerprint density at radius 2 is 1.51 bits per heavy atom. The van der Waals surface area contributed by atoms with Gasteiger partial charge in [0.15, 0.2) is 21.2 Å². The van der Waals surface area contributed by atoms with Crippen LogP contribution in [0.3, 0.4) is 0 Å². The summed E-state index contributed by atoms with van der Waals surface area (Å²) in [4.78, 5) is 52.4. The Bertz CT molecular complexity index is 1860. The van der Waals surface area contributed by atoms with Crippen LogP contribution in [0.5, 0.6) is 11.5 Å². The van der Waals surface area contributed by atoms with Crippen LogP contribution in [0.2, 0.25) is 0 Å². The van der Waals surface area contributed by atoms with Crippen molar-refractivity contribution in [3.05, 3.63) is 61.6 Å². The standard InChI is InChI=1S/C30H19Br3Cl2F6N2O6/c1-49-17-7-15(20(32)21(33)22(17)44)19-13-2-3-14-18(16(13)8-27(34)25(47)42(9-31)26(48)28(19,27)35)24(46)43(23(14)45)12-5-10(29(36,37)38)4-11(6-12)30(39,40)41/h2,4-7,14,16,18-19,44H,3,8-9H2,1H3. The van der Waals surface area contributed by atoms with E-state index in [2.05, 4.69) is 47.8 Å². The number of carbonyl (C=O) groups is 4. The van der Waals surface area contributed by atoms with E-state index in [0.717, 1.165) is 4.90 Å². The Labute approximate surface area is 308 Å². The van der Waals surface area contributed by atoms with Crippen LogP contribution in [0.15, 0.2) is 44.9 Å². The Morgan fingerprint density at radius 3 is 2.04 bits per heavy atom. The maximum Gasteiger partial charge on any atom is 0.416 e. The number of likely N-dealkylation sites (tertiary alicyclic amines) is 1. The molecule has 6 atom stereocenters. The van der Waals surface area contributed by atoms with E-state index in [1.54, 1.807) is 0 Å². The summed E-state index contributed by atoms with van der Waals surface area (Å²) in [6, 6.07) is 1.80. The molecule has 8 nitrogen and oxygen atoms in total. The maximum absolute atomic E-state index is 14.2. The SMILES string of the molecule is COc1cc(C2C3=CCC4C(=O)N(c5cc(C(F)(F)F)cc(C(F)(F)F)c5)C(=O)C4C3CC3(Cl)C(=O)N(CBr)C(=O)C23Cl)c(Br)c(Br)c1O. The number of methoxy groups -OCH3 is 1. The smallest absolute Gasteiger partial charge is 0.416 e. The molecule has 0 bridgehead atoms. The third-order valence-corrected chi connectivity index (χ3v) is 13.6. The molecule has 4 aliphatic rings. The van der Waals surface area contributed by atoms with Gasteiger partial charge < -0.3 is 9.84 Å². The molecule has 6 unspecified atom stereocenters. The Morgan fingerprint density at radius 1 is 0.918 bits per heavy atom. The minimum Gasteiger partial charge on any atom is -0.503 e. The van der Waals surface area contributed by atoms with Crippen molar-refractivity contribution in [1.82, 2.24) is 4.90 Å². The average molecular weight is 928 g/mol. The Balaban J connectivity index is 1.55. The maximum atomic E-state index is 14.2. The van der Waals surface area contributed by atoms with Crippen LogP contribution in [-0.2, 0) is 31.5 Å². The molecule has 2 saturated heterocycles. The highest BCUT2D eigenvalue weighted by atomic mass is 79.9. The van der Waals surface area contributed by atoms with Crippen molar-refractivity contribution in [2.45, 2.75) is 40.9 Å². The number of amides is 4. The predicted molar refractivity (Wildman–Crippen MR) is 172 cm³/mol. The van der Waals surface area contributed by atoms with Crippen LogP contribution in [0.4, 0.5) is 32.0 Å². The number of rotatable bonds is 4. The van der Waals surface area contributed by atoms with Gasteiger partial charge >= 0.3 is 12.4 Å². The van der Waals surface area contributed by atoms with E-state index >= 15 is 0 Å². The molecule has 49 heavy (non-hydrogen) atoms. The summed E-state index contributed by atoms with van der Waals surface area (Å²) >= 11 is 24.1. The molecule has 1 N–H and O–H groups in total. The lowest BCUT2D eigenvalue weighted by molar-refractivity contribution is -0.143. The van der Waals surface area contributed by atoms with Gasteiger partial charge in [-0.05, 0) is 80.4 Å². The van der Waals surface area contributed by atoms with Crippen molar-refractivity contribution < 1.29 is 55.4 Å². The number of nitrogens with zero attached hydrogens (tertiary/aromatic N) is 2. The van der Waals surface area contributed by atoms with Crippen LogP contribution < -0.4 is 9.64 Å². The lowest BCUT2D eigenvalue weighted by Crippen LogP contribution is -2.60. The Hall–Kier alpha value is -2.34. The number of hydrogen-bond donors (Lipinski definition) is 1. The van der Waals surface area contributed by atoms with E-state index < -0.39 is 92.6 Å². The van der Waals surface area contributed by atoms with Crippen molar-refractivity contribution in [2.24, 2.45) is 17.8 Å². The normalized spacial score (nSPS) is 30.0. The molecular weight excluding hydrogens is 909 g/mol. The van der Waals surface area contributed by atoms with Gasteiger partial charge in [-0.25, -0.2) is 4.90 Å². The fourth-order valence-corrected chi connectivity index (χ4v) is 9.77. The Kier molecular flexibility index (Phi) is 8.82. The fourth-order valence-electron chi connectivity index (χ4n) is 7.40. The van der Waals surface area contributed by atoms with Gasteiger partial charge in [0.2, 0.25) is 11.8 Å². The topological polar surface area (TPSA) is 104 Å². The molecule has 2 aromatic carbocycles. The van der Waals surface area contributed by atoms with E-state index in [9.17, 15) is 50.6 Å². The van der Waals surface area contributed by atoms with Crippen LogP contribution in [-0.4, -0.2) is 55.9 Å². The second-order valence-corrected chi connectivity index (χ2v) is 15.2. The number of carbonyl (C=O) groups excluding carboxylic acids is 4. The average Bonchev–Trinajstić information content (AvgIpc) is 3.36. The summed E-state index contributed by atoms with van der Waals surface area (Å²) in [5.41, 5.74) is -4.25. The highest BCUT2D eigenvalue weighted by Crippen LogP contribution is 2.67. The van der Waals surface area contributed by atoms with E-state index in [0.29, 0.717) is 4.90 Å². The minimum absolute atomic E-state index is 0.0659. The van der Waals surface area contributed by atoms with E-state index in [1.165, 1.54) is 19.3 Å². The van der Waals surface area contributed by atoms with Crippen molar-refractivity contribution in [2.75, 3.05) is 17.5 Å². The molecule has 4 amide bonds. The minimum atomic E-state index is -5.25. The highest BCUT2D eigenvalue weighted by molar-refractivity contribution is 9.13. The number of fused-ring (bicyclic) bond motifs is 4. The summed E-state index contributed by atoms with van der Waals surface area (Å²) in [5, 5.41) is 10.6. The summed E-state index contributed by atoms with van der Waals surface area (Å²) in [6.07, 6.45) is -9.70. The zero-order valence-electron chi connectivity index (χ0n) is 24.4. The number of alkyl halides is 9. The van der Waals surface area contributed by atoms with Gasteiger partial charge in [-0.1, -0.05) is 27.6 Å². The number of phenols is 1. The molecular formula is C30H19Br3Cl2F6N2O6. The van der Waals surface area contributed by atoms with Gasteiger partial charge in [0, 0.05) is 10.4 Å². The molecule has 2 aliphatic heterocycles. The molecule has 0 spiro atoms. The van der Waals surface area contributed by atoms with E-state index in [-0.39, 0.29) is 61.7 Å². The third kappa shape index (κ3) is 5.10. The quantitative estimate of drug-likeness (QED) is 0.110. The van der Waals surface area contributed by atoms with Gasteiger partial charge in [-0.2, -0.15) is 26.3 Å². The summed E-state index contributed by atoms with van der Waals surface area (Å²) in [7, 11) is 1.25. The van der Waals surface area contributed by atoms with Crippen LogP contribution in [0.1, 0.15) is 35.4 Å². The fraction of sp³-hybridized carbons (Fsp3) is 0.400. The lowest BCUT2D eigenvalue weighted by Gasteiger charge is -2.51. The number of imide groups is 2. The highest BCUT2D eigenvalue weighted by Gasteiger charge is 2.76. The number of allylic oxidation sites excluding steroid dienone is 2. The van der Waals surface area contributed by atoms with E-state index in [1.807, 2.05) is 0 Å². The van der Waals surface area contributed by atoms with E-state index in [4.69, 9.17) is 27.9 Å². The van der Waals surface area contributed by atoms with Gasteiger partial charge in [0.05, 0.1) is 45.7 Å². The number of aromatic hydroxyl groups is 1. The molecule has 0 radical (unpaired) electrons. The second-order valence-electron chi connectivity index (χ2n) is 11.9. The van der Waals surface area contributed by atoms with Crippen LogP contribution in [0.25, 0.3) is 0 Å². The molecule has 262 valence electrons. The first-order chi connectivity index (χ1) is 22.6. The predicted octanol–water partition coefficient (Wildman–Crippen LogP) is 7.88. The van der Waals surface area contributed by atoms with Gasteiger partial charge in [0.1, 0.15) is 0 Å². The third-order valence-electron chi connectivity index (χ3n) is 9.55. The number of anilines is 1. The van der Waals surface area contributed by atoms with Crippen molar-refractivity contribution >= 4 is 100 Å². The first kappa shape index (κ1) is 36.5. The molecule has 19 heteroatoms. The molecule has 2 heterocycles. The second kappa shape index (κ2) is 11.9. The molecule has 3 fully saturated rings. The summed E-state index contributed by atoms with van der Waals surface area (Å²) in [5.74, 6) is -9.59. The summed E-state index contributed by atoms with van der Waals surface area (Å²) < 4.78 is 87.9. The first-order valence-electron chi connectivity index (χ1n) is 14.1. The van der Waals surface area contributed by atoms with Crippen LogP contribution in [0, 0.1) is 17.8 Å². The zero-order valence-corrected chi connectivity index (χ0v) is 30.6. The van der Waals surface area contributed by atoms with Gasteiger partial charge in [0.25, 0.3) is 11.8 Å². The van der Waals surface area contributed by atoms with Crippen molar-refractivity contribution in [1.29, 1.82) is 0 Å². The van der Waals surface area contributed by atoms with Crippen LogP contribution >= 0.6 is 71.0 Å². The van der Waals surface area contributed by atoms with Crippen molar-refractivity contribution in [3.8, 4) is 11.5 Å². The molecule has 2 aliphatic carbocycles. The largest absolute Gasteiger partial charge is 0.503 e. The monoisotopic (exact) mass is 924 g/mol. The van der Waals surface area contributed by atoms with Gasteiger partial charge in [-0.15, -0.1) is 23.2 Å². The number of hydrogen-bond acceptors (Lipinski definition) is 6. The molecule has 0 aromatic heterocycles.